The second-order valence-electron chi connectivity index (χ2n) is 6.15. The molecule has 0 bridgehead atoms. The van der Waals surface area contributed by atoms with Gasteiger partial charge >= 0.3 is 0 Å². The van der Waals surface area contributed by atoms with Crippen molar-refractivity contribution < 1.29 is 5.11 Å². The summed E-state index contributed by atoms with van der Waals surface area (Å²) in [6, 6.07) is 0.593. The fraction of sp³-hybridized carbons (Fsp3) is 1.00. The minimum atomic E-state index is -0.573. The monoisotopic (exact) mass is 227 g/mol. The van der Waals surface area contributed by atoms with Crippen LogP contribution in [0.5, 0.6) is 0 Å². The van der Waals surface area contributed by atoms with Crippen LogP contribution in [0.4, 0.5) is 0 Å². The Bertz CT molecular complexity index is 207. The van der Waals surface area contributed by atoms with Crippen molar-refractivity contribution in [2.24, 2.45) is 17.8 Å². The minimum Gasteiger partial charge on any atom is -0.389 e. The van der Waals surface area contributed by atoms with E-state index in [9.17, 15) is 5.11 Å². The molecule has 3 atom stereocenters. The first-order valence-corrected chi connectivity index (χ1v) is 6.84. The van der Waals surface area contributed by atoms with Crippen molar-refractivity contribution in [3.05, 3.63) is 0 Å². The van der Waals surface area contributed by atoms with Gasteiger partial charge < -0.3 is 10.4 Å². The lowest BCUT2D eigenvalue weighted by Crippen LogP contribution is -2.48. The summed E-state index contributed by atoms with van der Waals surface area (Å²) in [4.78, 5) is 0. The molecule has 0 heterocycles. The lowest BCUT2D eigenvalue weighted by Gasteiger charge is -2.33. The Morgan fingerprint density at radius 2 is 1.88 bits per heavy atom. The van der Waals surface area contributed by atoms with E-state index >= 15 is 0 Å². The molecule has 1 aliphatic carbocycles. The van der Waals surface area contributed by atoms with Crippen LogP contribution in [0.15, 0.2) is 0 Å². The second kappa shape index (κ2) is 5.50. The smallest absolute Gasteiger partial charge is 0.0768 e. The number of nitrogens with one attached hydrogen (secondary N) is 1. The summed E-state index contributed by atoms with van der Waals surface area (Å²) < 4.78 is 0. The average Bonchev–Trinajstić information content (AvgIpc) is 3.00. The molecule has 16 heavy (non-hydrogen) atoms. The quantitative estimate of drug-likeness (QED) is 0.701. The van der Waals surface area contributed by atoms with E-state index in [1.165, 1.54) is 12.8 Å². The van der Waals surface area contributed by atoms with Crippen LogP contribution in [0.3, 0.4) is 0 Å². The van der Waals surface area contributed by atoms with Crippen molar-refractivity contribution in [1.29, 1.82) is 0 Å². The molecule has 0 aromatic rings. The molecule has 0 aliphatic heterocycles. The van der Waals surface area contributed by atoms with Gasteiger partial charge in [-0.25, -0.2) is 0 Å². The van der Waals surface area contributed by atoms with Gasteiger partial charge in [-0.2, -0.15) is 0 Å². The van der Waals surface area contributed by atoms with E-state index in [0.717, 1.165) is 18.9 Å². The Balaban J connectivity index is 2.41. The standard InChI is InChI=1S/C14H29NO/c1-6-11(4)14(5,16)9-15-13(10(2)3)12-7-8-12/h10-13,15-16H,6-9H2,1-5H3. The van der Waals surface area contributed by atoms with Crippen LogP contribution in [0.25, 0.3) is 0 Å². The van der Waals surface area contributed by atoms with E-state index in [0.29, 0.717) is 17.9 Å². The van der Waals surface area contributed by atoms with E-state index in [-0.39, 0.29) is 0 Å². The molecule has 0 saturated heterocycles. The maximum Gasteiger partial charge on any atom is 0.0768 e. The molecular formula is C14H29NO. The fourth-order valence-electron chi connectivity index (χ4n) is 2.34. The third-order valence-electron chi connectivity index (χ3n) is 4.22. The third kappa shape index (κ3) is 3.74. The van der Waals surface area contributed by atoms with E-state index in [2.05, 4.69) is 33.0 Å². The van der Waals surface area contributed by atoms with Gasteiger partial charge in [-0.15, -0.1) is 0 Å². The van der Waals surface area contributed by atoms with Crippen LogP contribution >= 0.6 is 0 Å². The molecule has 2 N–H and O–H groups in total. The van der Waals surface area contributed by atoms with Gasteiger partial charge in [-0.05, 0) is 37.5 Å². The molecule has 0 aromatic heterocycles. The van der Waals surface area contributed by atoms with Gasteiger partial charge in [0.15, 0.2) is 0 Å². The minimum absolute atomic E-state index is 0.354. The lowest BCUT2D eigenvalue weighted by molar-refractivity contribution is 0.00136. The highest BCUT2D eigenvalue weighted by Gasteiger charge is 2.35. The number of hydrogen-bond acceptors (Lipinski definition) is 2. The summed E-state index contributed by atoms with van der Waals surface area (Å²) in [6.45, 7) is 11.5. The average molecular weight is 227 g/mol. The number of aliphatic hydroxyl groups is 1. The molecule has 1 rings (SSSR count). The maximum atomic E-state index is 10.4. The predicted molar refractivity (Wildman–Crippen MR) is 69.4 cm³/mol. The van der Waals surface area contributed by atoms with Crippen LogP contribution in [-0.2, 0) is 0 Å². The molecule has 2 nitrogen and oxygen atoms in total. The van der Waals surface area contributed by atoms with Crippen LogP contribution in [-0.4, -0.2) is 23.3 Å². The molecular weight excluding hydrogens is 198 g/mol. The summed E-state index contributed by atoms with van der Waals surface area (Å²) in [5.74, 6) is 1.87. The molecule has 96 valence electrons. The molecule has 0 spiro atoms. The maximum absolute atomic E-state index is 10.4. The predicted octanol–water partition coefficient (Wildman–Crippen LogP) is 2.81. The Hall–Kier alpha value is -0.0800. The summed E-state index contributed by atoms with van der Waals surface area (Å²) in [6.07, 6.45) is 3.76. The number of rotatable bonds is 7. The van der Waals surface area contributed by atoms with E-state index in [1.54, 1.807) is 0 Å². The highest BCUT2D eigenvalue weighted by molar-refractivity contribution is 4.91. The van der Waals surface area contributed by atoms with Gasteiger partial charge in [-0.3, -0.25) is 0 Å². The van der Waals surface area contributed by atoms with Gasteiger partial charge in [0.2, 0.25) is 0 Å². The first-order chi connectivity index (χ1) is 7.38. The summed E-state index contributed by atoms with van der Waals surface area (Å²) in [7, 11) is 0. The van der Waals surface area contributed by atoms with E-state index in [1.807, 2.05) is 6.92 Å². The zero-order chi connectivity index (χ0) is 12.3. The number of hydrogen-bond donors (Lipinski definition) is 2. The first-order valence-electron chi connectivity index (χ1n) is 6.84. The van der Waals surface area contributed by atoms with Gasteiger partial charge in [0.1, 0.15) is 0 Å². The Kier molecular flexibility index (Phi) is 4.81. The van der Waals surface area contributed by atoms with Crippen molar-refractivity contribution in [1.82, 2.24) is 5.32 Å². The van der Waals surface area contributed by atoms with Crippen molar-refractivity contribution >= 4 is 0 Å². The lowest BCUT2D eigenvalue weighted by atomic mass is 9.87. The molecule has 3 unspecified atom stereocenters. The second-order valence-corrected chi connectivity index (χ2v) is 6.15. The van der Waals surface area contributed by atoms with Crippen molar-refractivity contribution in [3.8, 4) is 0 Å². The highest BCUT2D eigenvalue weighted by Crippen LogP contribution is 2.36. The van der Waals surface area contributed by atoms with Crippen molar-refractivity contribution in [2.45, 2.75) is 65.5 Å². The van der Waals surface area contributed by atoms with E-state index < -0.39 is 5.60 Å². The van der Waals surface area contributed by atoms with Crippen LogP contribution in [0.1, 0.15) is 53.9 Å². The largest absolute Gasteiger partial charge is 0.389 e. The Morgan fingerprint density at radius 3 is 2.25 bits per heavy atom. The Labute approximate surface area is 101 Å². The van der Waals surface area contributed by atoms with Crippen LogP contribution < -0.4 is 5.32 Å². The van der Waals surface area contributed by atoms with Gasteiger partial charge in [-0.1, -0.05) is 34.1 Å². The fourth-order valence-corrected chi connectivity index (χ4v) is 2.34. The van der Waals surface area contributed by atoms with Gasteiger partial charge in [0, 0.05) is 12.6 Å². The molecule has 1 fully saturated rings. The van der Waals surface area contributed by atoms with Crippen LogP contribution in [0.2, 0.25) is 0 Å². The summed E-state index contributed by atoms with van der Waals surface area (Å²) >= 11 is 0. The van der Waals surface area contributed by atoms with Crippen molar-refractivity contribution in [3.63, 3.8) is 0 Å². The molecule has 0 aromatic carbocycles. The van der Waals surface area contributed by atoms with Crippen molar-refractivity contribution in [2.75, 3.05) is 6.54 Å². The normalized spacial score (nSPS) is 24.2. The molecule has 1 saturated carbocycles. The van der Waals surface area contributed by atoms with Gasteiger partial charge in [0.05, 0.1) is 5.60 Å². The topological polar surface area (TPSA) is 32.3 Å². The summed E-state index contributed by atoms with van der Waals surface area (Å²) in [5.41, 5.74) is -0.573. The molecule has 0 amide bonds. The molecule has 0 radical (unpaired) electrons. The first kappa shape index (κ1) is 14.0. The SMILES string of the molecule is CCC(C)C(C)(O)CNC(C(C)C)C1CC1. The molecule has 2 heteroatoms. The zero-order valence-electron chi connectivity index (χ0n) is 11.6. The highest BCUT2D eigenvalue weighted by atomic mass is 16.3. The van der Waals surface area contributed by atoms with Gasteiger partial charge in [0.25, 0.3) is 0 Å². The molecule has 1 aliphatic rings. The van der Waals surface area contributed by atoms with Crippen LogP contribution in [0, 0.1) is 17.8 Å². The van der Waals surface area contributed by atoms with E-state index in [4.69, 9.17) is 0 Å². The zero-order valence-corrected chi connectivity index (χ0v) is 11.6. The summed E-state index contributed by atoms with van der Waals surface area (Å²) in [5, 5.41) is 13.9. The Morgan fingerprint density at radius 1 is 1.31 bits per heavy atom. The third-order valence-corrected chi connectivity index (χ3v) is 4.22.